The Balaban J connectivity index is 1.65. The van der Waals surface area contributed by atoms with Crippen molar-refractivity contribution in [3.05, 3.63) is 58.6 Å². The predicted molar refractivity (Wildman–Crippen MR) is 96.8 cm³/mol. The van der Waals surface area contributed by atoms with Gasteiger partial charge in [0.15, 0.2) is 0 Å². The van der Waals surface area contributed by atoms with Gasteiger partial charge in [-0.05, 0) is 49.6 Å². The highest BCUT2D eigenvalue weighted by molar-refractivity contribution is 6.32. The van der Waals surface area contributed by atoms with Gasteiger partial charge in [0.25, 0.3) is 5.91 Å². The van der Waals surface area contributed by atoms with Crippen molar-refractivity contribution in [3.63, 3.8) is 0 Å². The lowest BCUT2D eigenvalue weighted by atomic mass is 10.1. The molecule has 25 heavy (non-hydrogen) atoms. The first kappa shape index (κ1) is 17.4. The van der Waals surface area contributed by atoms with E-state index in [2.05, 4.69) is 20.4 Å². The van der Waals surface area contributed by atoms with Crippen molar-refractivity contribution in [1.82, 2.24) is 10.4 Å². The van der Waals surface area contributed by atoms with Crippen molar-refractivity contribution in [1.29, 1.82) is 0 Å². The highest BCUT2D eigenvalue weighted by Crippen LogP contribution is 2.21. The minimum atomic E-state index is -0.500. The average molecular weight is 361 g/mol. The Kier molecular flexibility index (Phi) is 5.60. The molecule has 1 amide bonds. The minimum absolute atomic E-state index is 0.0901. The second-order valence-electron chi connectivity index (χ2n) is 5.79. The molecule has 0 unspecified atom stereocenters. The topological polar surface area (TPSA) is 57.6 Å². The van der Waals surface area contributed by atoms with E-state index in [0.717, 1.165) is 31.6 Å². The third-order valence-electron chi connectivity index (χ3n) is 4.08. The van der Waals surface area contributed by atoms with Gasteiger partial charge in [0.05, 0.1) is 11.8 Å². The number of carbonyl (C=O) groups is 1. The summed E-state index contributed by atoms with van der Waals surface area (Å²) in [5, 5.41) is 3.89. The summed E-state index contributed by atoms with van der Waals surface area (Å²) in [5.41, 5.74) is 3.71. The van der Waals surface area contributed by atoms with Crippen molar-refractivity contribution < 1.29 is 9.18 Å². The first-order valence-corrected chi connectivity index (χ1v) is 8.51. The lowest BCUT2D eigenvalue weighted by molar-refractivity contribution is 0.0955. The predicted octanol–water partition coefficient (Wildman–Crippen LogP) is 3.63. The summed E-state index contributed by atoms with van der Waals surface area (Å²) in [6.45, 7) is 1.91. The van der Waals surface area contributed by atoms with Gasteiger partial charge >= 0.3 is 0 Å². The monoisotopic (exact) mass is 360 g/mol. The maximum atomic E-state index is 14.3. The van der Waals surface area contributed by atoms with Crippen LogP contribution in [-0.2, 0) is 0 Å². The number of pyridine rings is 1. The third kappa shape index (κ3) is 4.33. The molecule has 2 heterocycles. The van der Waals surface area contributed by atoms with Crippen molar-refractivity contribution >= 4 is 29.4 Å². The molecule has 0 radical (unpaired) electrons. The van der Waals surface area contributed by atoms with Crippen molar-refractivity contribution in [2.75, 3.05) is 18.0 Å². The Hall–Kier alpha value is -2.47. The number of nitrogens with zero attached hydrogens (tertiary/aromatic N) is 3. The van der Waals surface area contributed by atoms with Crippen LogP contribution in [0.15, 0.2) is 41.6 Å². The van der Waals surface area contributed by atoms with Crippen LogP contribution in [0.25, 0.3) is 0 Å². The van der Waals surface area contributed by atoms with Gasteiger partial charge in [-0.1, -0.05) is 11.6 Å². The van der Waals surface area contributed by atoms with E-state index in [0.29, 0.717) is 5.56 Å². The summed E-state index contributed by atoms with van der Waals surface area (Å²) in [4.78, 5) is 18.0. The molecule has 2 aromatic rings. The normalized spacial score (nSPS) is 14.7. The highest BCUT2D eigenvalue weighted by Gasteiger charge is 2.13. The Bertz CT molecular complexity index is 790. The number of carbonyl (C=O) groups excluding carboxylic acids is 1. The Morgan fingerprint density at radius 3 is 2.80 bits per heavy atom. The molecule has 0 atom stereocenters. The SMILES string of the molecule is O=C(NN=Cc1ccc(N2CCCCC2)cc1F)c1cccnc1Cl. The van der Waals surface area contributed by atoms with Gasteiger partial charge in [-0.2, -0.15) is 5.10 Å². The van der Waals surface area contributed by atoms with Crippen LogP contribution in [-0.4, -0.2) is 30.2 Å². The summed E-state index contributed by atoms with van der Waals surface area (Å²) >= 11 is 5.84. The number of benzene rings is 1. The molecule has 0 aliphatic carbocycles. The van der Waals surface area contributed by atoms with Gasteiger partial charge in [-0.3, -0.25) is 4.79 Å². The van der Waals surface area contributed by atoms with Crippen LogP contribution in [0.1, 0.15) is 35.2 Å². The molecule has 1 aromatic carbocycles. The molecule has 1 aromatic heterocycles. The number of hydrogen-bond donors (Lipinski definition) is 1. The second kappa shape index (κ2) is 8.07. The van der Waals surface area contributed by atoms with Crippen LogP contribution in [0.3, 0.4) is 0 Å². The van der Waals surface area contributed by atoms with Gasteiger partial charge in [0.1, 0.15) is 11.0 Å². The van der Waals surface area contributed by atoms with Crippen molar-refractivity contribution in [2.45, 2.75) is 19.3 Å². The lowest BCUT2D eigenvalue weighted by Gasteiger charge is -2.28. The molecule has 1 aliphatic rings. The van der Waals surface area contributed by atoms with Gasteiger partial charge in [0, 0.05) is 30.5 Å². The van der Waals surface area contributed by atoms with E-state index in [4.69, 9.17) is 11.6 Å². The van der Waals surface area contributed by atoms with Gasteiger partial charge in [-0.15, -0.1) is 0 Å². The van der Waals surface area contributed by atoms with E-state index >= 15 is 0 Å². The van der Waals surface area contributed by atoms with E-state index in [1.807, 2.05) is 6.07 Å². The van der Waals surface area contributed by atoms with Gasteiger partial charge in [0.2, 0.25) is 0 Å². The quantitative estimate of drug-likeness (QED) is 0.514. The van der Waals surface area contributed by atoms with Crippen molar-refractivity contribution in [2.24, 2.45) is 5.10 Å². The van der Waals surface area contributed by atoms with Crippen LogP contribution in [0.2, 0.25) is 5.15 Å². The zero-order chi connectivity index (χ0) is 17.6. The summed E-state index contributed by atoms with van der Waals surface area (Å²) in [6.07, 6.45) is 6.26. The van der Waals surface area contributed by atoms with Crippen LogP contribution >= 0.6 is 11.6 Å². The fourth-order valence-electron chi connectivity index (χ4n) is 2.75. The van der Waals surface area contributed by atoms with Crippen molar-refractivity contribution in [3.8, 4) is 0 Å². The van der Waals surface area contributed by atoms with Gasteiger partial charge in [-0.25, -0.2) is 14.8 Å². The maximum absolute atomic E-state index is 14.3. The number of halogens is 2. The summed E-state index contributed by atoms with van der Waals surface area (Å²) < 4.78 is 14.3. The van der Waals surface area contributed by atoms with Crippen LogP contribution < -0.4 is 10.3 Å². The molecule has 7 heteroatoms. The molecule has 0 saturated carbocycles. The largest absolute Gasteiger partial charge is 0.371 e. The minimum Gasteiger partial charge on any atom is -0.371 e. The summed E-state index contributed by atoms with van der Waals surface area (Å²) in [5.74, 6) is -0.875. The molecule has 0 bridgehead atoms. The molecule has 1 N–H and O–H groups in total. The van der Waals surface area contributed by atoms with Crippen LogP contribution in [0, 0.1) is 5.82 Å². The lowest BCUT2D eigenvalue weighted by Crippen LogP contribution is -2.29. The zero-order valence-corrected chi connectivity index (χ0v) is 14.3. The van der Waals surface area contributed by atoms with E-state index in [9.17, 15) is 9.18 Å². The first-order valence-electron chi connectivity index (χ1n) is 8.13. The number of amides is 1. The zero-order valence-electron chi connectivity index (χ0n) is 13.6. The Labute approximate surface area is 150 Å². The number of aromatic nitrogens is 1. The fraction of sp³-hybridized carbons (Fsp3) is 0.278. The first-order chi connectivity index (χ1) is 12.1. The van der Waals surface area contributed by atoms with E-state index in [1.54, 1.807) is 12.1 Å². The Morgan fingerprint density at radius 2 is 2.08 bits per heavy atom. The molecule has 5 nitrogen and oxygen atoms in total. The number of hydrazone groups is 1. The number of nitrogens with one attached hydrogen (secondary N) is 1. The molecule has 1 saturated heterocycles. The molecular weight excluding hydrogens is 343 g/mol. The molecular formula is C18H18ClFN4O. The van der Waals surface area contributed by atoms with E-state index in [1.165, 1.54) is 31.0 Å². The highest BCUT2D eigenvalue weighted by atomic mass is 35.5. The Morgan fingerprint density at radius 1 is 1.28 bits per heavy atom. The van der Waals surface area contributed by atoms with E-state index < -0.39 is 5.91 Å². The molecule has 1 fully saturated rings. The average Bonchev–Trinajstić information content (AvgIpc) is 2.64. The number of piperidine rings is 1. The number of anilines is 1. The number of hydrogen-bond acceptors (Lipinski definition) is 4. The third-order valence-corrected chi connectivity index (χ3v) is 4.38. The maximum Gasteiger partial charge on any atom is 0.274 e. The van der Waals surface area contributed by atoms with E-state index in [-0.39, 0.29) is 16.5 Å². The molecule has 1 aliphatic heterocycles. The molecule has 3 rings (SSSR count). The fourth-order valence-corrected chi connectivity index (χ4v) is 2.95. The standard InChI is InChI=1S/C18H18ClFN4O/c19-17-15(5-4-8-21-17)18(25)23-22-12-13-6-7-14(11-16(13)20)24-9-2-1-3-10-24/h4-8,11-12H,1-3,9-10H2,(H,23,25). The smallest absolute Gasteiger partial charge is 0.274 e. The molecule has 0 spiro atoms. The number of rotatable bonds is 4. The van der Waals surface area contributed by atoms with Crippen LogP contribution in [0.4, 0.5) is 10.1 Å². The van der Waals surface area contributed by atoms with Gasteiger partial charge < -0.3 is 4.90 Å². The molecule has 130 valence electrons. The summed E-state index contributed by atoms with van der Waals surface area (Å²) in [7, 11) is 0. The van der Waals surface area contributed by atoms with Crippen LogP contribution in [0.5, 0.6) is 0 Å². The summed E-state index contributed by atoms with van der Waals surface area (Å²) in [6, 6.07) is 8.17. The second-order valence-corrected chi connectivity index (χ2v) is 6.15.